The number of halogens is 3. The third kappa shape index (κ3) is 2.33. The molecule has 2 N–H and O–H groups in total. The van der Waals surface area contributed by atoms with Gasteiger partial charge < -0.3 is 5.73 Å². The lowest BCUT2D eigenvalue weighted by Gasteiger charge is -2.15. The Bertz CT molecular complexity index is 806. The van der Waals surface area contributed by atoms with Crippen LogP contribution in [-0.4, -0.2) is 0 Å². The van der Waals surface area contributed by atoms with Gasteiger partial charge in [0.1, 0.15) is 0 Å². The molecule has 0 spiro atoms. The van der Waals surface area contributed by atoms with E-state index in [0.29, 0.717) is 16.6 Å². The Labute approximate surface area is 119 Å². The zero-order valence-electron chi connectivity index (χ0n) is 11.0. The minimum absolute atomic E-state index is 0.168. The first-order chi connectivity index (χ1) is 9.98. The van der Waals surface area contributed by atoms with Crippen molar-refractivity contribution in [1.82, 2.24) is 0 Å². The van der Waals surface area contributed by atoms with Crippen LogP contribution in [0, 0.1) is 0 Å². The molecule has 0 aromatic heterocycles. The maximum absolute atomic E-state index is 13.2. The summed E-state index contributed by atoms with van der Waals surface area (Å²) in [5, 5.41) is 1.47. The minimum Gasteiger partial charge on any atom is -0.398 e. The molecule has 0 fully saturated rings. The summed E-state index contributed by atoms with van der Waals surface area (Å²) in [7, 11) is 0. The van der Waals surface area contributed by atoms with Crippen LogP contribution in [0.3, 0.4) is 0 Å². The highest BCUT2D eigenvalue weighted by Gasteiger charge is 2.33. The number of nitrogens with two attached hydrogens (primary N) is 1. The van der Waals surface area contributed by atoms with Crippen LogP contribution in [0.2, 0.25) is 0 Å². The predicted molar refractivity (Wildman–Crippen MR) is 78.8 cm³/mol. The smallest absolute Gasteiger partial charge is 0.398 e. The normalized spacial score (nSPS) is 11.8. The molecule has 0 radical (unpaired) electrons. The van der Waals surface area contributed by atoms with Gasteiger partial charge in [0.05, 0.1) is 5.56 Å². The summed E-state index contributed by atoms with van der Waals surface area (Å²) in [5.74, 6) is 0. The average Bonchev–Trinajstić information content (AvgIpc) is 2.46. The highest BCUT2D eigenvalue weighted by atomic mass is 19.4. The van der Waals surface area contributed by atoms with Gasteiger partial charge in [-0.1, -0.05) is 48.5 Å². The van der Waals surface area contributed by atoms with E-state index in [0.717, 1.165) is 11.5 Å². The van der Waals surface area contributed by atoms with Crippen LogP contribution in [0.25, 0.3) is 21.9 Å². The molecule has 0 aliphatic carbocycles. The van der Waals surface area contributed by atoms with E-state index in [2.05, 4.69) is 0 Å². The van der Waals surface area contributed by atoms with Crippen molar-refractivity contribution in [3.8, 4) is 11.1 Å². The second-order valence-corrected chi connectivity index (χ2v) is 4.79. The monoisotopic (exact) mass is 287 g/mol. The molecule has 3 rings (SSSR count). The number of nitrogen functional groups attached to an aromatic ring is 1. The molecule has 0 saturated carbocycles. The van der Waals surface area contributed by atoms with Crippen molar-refractivity contribution in [2.45, 2.75) is 6.18 Å². The fourth-order valence-electron chi connectivity index (χ4n) is 2.53. The number of benzene rings is 3. The van der Waals surface area contributed by atoms with Crippen LogP contribution in [0.1, 0.15) is 5.56 Å². The van der Waals surface area contributed by atoms with E-state index >= 15 is 0 Å². The molecular formula is C17H12F3N. The predicted octanol–water partition coefficient (Wildman–Crippen LogP) is 5.11. The van der Waals surface area contributed by atoms with Gasteiger partial charge in [-0.3, -0.25) is 0 Å². The molecule has 0 atom stereocenters. The van der Waals surface area contributed by atoms with Gasteiger partial charge in [0.15, 0.2) is 0 Å². The van der Waals surface area contributed by atoms with Crippen molar-refractivity contribution in [3.05, 3.63) is 66.2 Å². The third-order valence-electron chi connectivity index (χ3n) is 3.48. The number of anilines is 1. The first-order valence-electron chi connectivity index (χ1n) is 6.42. The number of rotatable bonds is 1. The van der Waals surface area contributed by atoms with E-state index in [1.54, 1.807) is 36.4 Å². The summed E-state index contributed by atoms with van der Waals surface area (Å²) < 4.78 is 39.6. The summed E-state index contributed by atoms with van der Waals surface area (Å²) in [5.41, 5.74) is 6.52. The van der Waals surface area contributed by atoms with E-state index in [4.69, 9.17) is 5.73 Å². The second-order valence-electron chi connectivity index (χ2n) is 4.79. The minimum atomic E-state index is -4.39. The Hall–Kier alpha value is -2.49. The molecule has 0 aliphatic rings. The Morgan fingerprint density at radius 1 is 0.667 bits per heavy atom. The standard InChI is InChI=1S/C17H12F3N/c18-17(19,20)15-9-2-1-5-13(15)11-6-3-8-14-12(11)7-4-10-16(14)21/h1-10H,21H2. The van der Waals surface area contributed by atoms with E-state index in [1.165, 1.54) is 12.1 Å². The highest BCUT2D eigenvalue weighted by Crippen LogP contribution is 2.39. The Balaban J connectivity index is 2.35. The zero-order chi connectivity index (χ0) is 15.0. The topological polar surface area (TPSA) is 26.0 Å². The van der Waals surface area contributed by atoms with Gasteiger partial charge in [-0.2, -0.15) is 13.2 Å². The second kappa shape index (κ2) is 4.81. The van der Waals surface area contributed by atoms with Crippen molar-refractivity contribution in [2.24, 2.45) is 0 Å². The van der Waals surface area contributed by atoms with E-state index in [-0.39, 0.29) is 5.56 Å². The molecule has 0 heterocycles. The first-order valence-corrected chi connectivity index (χ1v) is 6.42. The van der Waals surface area contributed by atoms with E-state index in [9.17, 15) is 13.2 Å². The molecule has 0 amide bonds. The van der Waals surface area contributed by atoms with E-state index in [1.807, 2.05) is 6.07 Å². The largest absolute Gasteiger partial charge is 0.417 e. The van der Waals surface area contributed by atoms with Crippen LogP contribution in [0.4, 0.5) is 18.9 Å². The lowest BCUT2D eigenvalue weighted by molar-refractivity contribution is -0.137. The van der Waals surface area contributed by atoms with Gasteiger partial charge in [-0.25, -0.2) is 0 Å². The van der Waals surface area contributed by atoms with Gasteiger partial charge in [0.25, 0.3) is 0 Å². The Kier molecular flexibility index (Phi) is 3.09. The summed E-state index contributed by atoms with van der Waals surface area (Å²) >= 11 is 0. The van der Waals surface area contributed by atoms with Crippen molar-refractivity contribution >= 4 is 16.5 Å². The third-order valence-corrected chi connectivity index (χ3v) is 3.48. The maximum Gasteiger partial charge on any atom is 0.417 e. The van der Waals surface area contributed by atoms with Gasteiger partial charge in [-0.05, 0) is 28.6 Å². The SMILES string of the molecule is Nc1cccc2c(-c3ccccc3C(F)(F)F)cccc12. The molecule has 106 valence electrons. The lowest BCUT2D eigenvalue weighted by atomic mass is 9.94. The molecule has 0 saturated heterocycles. The van der Waals surface area contributed by atoms with Crippen molar-refractivity contribution in [3.63, 3.8) is 0 Å². The molecule has 0 bridgehead atoms. The fourth-order valence-corrected chi connectivity index (χ4v) is 2.53. The van der Waals surface area contributed by atoms with Gasteiger partial charge in [0, 0.05) is 11.1 Å². The molecule has 1 nitrogen and oxygen atoms in total. The van der Waals surface area contributed by atoms with Crippen LogP contribution < -0.4 is 5.73 Å². The van der Waals surface area contributed by atoms with Crippen LogP contribution >= 0.6 is 0 Å². The fraction of sp³-hybridized carbons (Fsp3) is 0.0588. The summed E-state index contributed by atoms with van der Waals surface area (Å²) in [6, 6.07) is 16.1. The molecular weight excluding hydrogens is 275 g/mol. The van der Waals surface area contributed by atoms with Gasteiger partial charge in [0.2, 0.25) is 0 Å². The number of hydrogen-bond acceptors (Lipinski definition) is 1. The Morgan fingerprint density at radius 2 is 1.29 bits per heavy atom. The molecule has 0 aliphatic heterocycles. The quantitative estimate of drug-likeness (QED) is 0.618. The summed E-state index contributed by atoms with van der Waals surface area (Å²) in [4.78, 5) is 0. The first kappa shape index (κ1) is 13.5. The van der Waals surface area contributed by atoms with Crippen molar-refractivity contribution in [1.29, 1.82) is 0 Å². The maximum atomic E-state index is 13.2. The van der Waals surface area contributed by atoms with Crippen LogP contribution in [0.15, 0.2) is 60.7 Å². The lowest BCUT2D eigenvalue weighted by Crippen LogP contribution is -2.07. The molecule has 0 unspecified atom stereocenters. The average molecular weight is 287 g/mol. The highest BCUT2D eigenvalue weighted by molar-refractivity contribution is 6.02. The van der Waals surface area contributed by atoms with Crippen LogP contribution in [-0.2, 0) is 6.18 Å². The zero-order valence-corrected chi connectivity index (χ0v) is 11.0. The number of alkyl halides is 3. The van der Waals surface area contributed by atoms with Gasteiger partial charge in [-0.15, -0.1) is 0 Å². The Morgan fingerprint density at radius 3 is 2.05 bits per heavy atom. The molecule has 21 heavy (non-hydrogen) atoms. The number of hydrogen-bond donors (Lipinski definition) is 1. The van der Waals surface area contributed by atoms with Crippen molar-refractivity contribution < 1.29 is 13.2 Å². The molecule has 3 aromatic rings. The summed E-state index contributed by atoms with van der Waals surface area (Å²) in [6.07, 6.45) is -4.39. The molecule has 3 aromatic carbocycles. The van der Waals surface area contributed by atoms with Gasteiger partial charge >= 0.3 is 6.18 Å². The molecule has 4 heteroatoms. The summed E-state index contributed by atoms with van der Waals surface area (Å²) in [6.45, 7) is 0. The van der Waals surface area contributed by atoms with Crippen LogP contribution in [0.5, 0.6) is 0 Å². The number of fused-ring (bicyclic) bond motifs is 1. The van der Waals surface area contributed by atoms with E-state index < -0.39 is 11.7 Å². The van der Waals surface area contributed by atoms with Crippen molar-refractivity contribution in [2.75, 3.05) is 5.73 Å².